The van der Waals surface area contributed by atoms with Crippen LogP contribution in [0.3, 0.4) is 0 Å². The monoisotopic (exact) mass is 450 g/mol. The molecule has 0 unspecified atom stereocenters. The number of ether oxygens (including phenoxy) is 1. The molecule has 1 aromatic heterocycles. The van der Waals surface area contributed by atoms with E-state index in [0.29, 0.717) is 27.7 Å². The van der Waals surface area contributed by atoms with Crippen LogP contribution in [0, 0.1) is 6.92 Å². The molecule has 2 heterocycles. The third-order valence-corrected chi connectivity index (χ3v) is 5.22. The number of ketones is 1. The predicted octanol–water partition coefficient (Wildman–Crippen LogP) is 4.83. The number of halogens is 1. The van der Waals surface area contributed by atoms with Gasteiger partial charge in [0.15, 0.2) is 5.82 Å². The van der Waals surface area contributed by atoms with Crippen LogP contribution in [-0.2, 0) is 9.59 Å². The highest BCUT2D eigenvalue weighted by Gasteiger charge is 2.48. The van der Waals surface area contributed by atoms with Crippen LogP contribution in [0.4, 0.5) is 5.82 Å². The van der Waals surface area contributed by atoms with E-state index in [-0.39, 0.29) is 23.8 Å². The lowest BCUT2D eigenvalue weighted by atomic mass is 9.95. The van der Waals surface area contributed by atoms with E-state index in [0.717, 1.165) is 0 Å². The standard InChI is InChI=1S/C24H19ClN2O5/c1-3-11-31-18-6-4-5-16(13-18)21-20(22(28)15-7-9-17(25)10-8-15)23(29)24(30)27(21)19-12-14(2)32-26-19/h3-10,12-13,21,28H,1,11H2,2H3/t21-/m0/s1. The molecule has 1 atom stereocenters. The normalized spacial score (nSPS) is 17.6. The van der Waals surface area contributed by atoms with Gasteiger partial charge in [-0.2, -0.15) is 0 Å². The quantitative estimate of drug-likeness (QED) is 0.250. The second kappa shape index (κ2) is 8.72. The molecule has 8 heteroatoms. The summed E-state index contributed by atoms with van der Waals surface area (Å²) in [7, 11) is 0. The lowest BCUT2D eigenvalue weighted by Crippen LogP contribution is -2.29. The van der Waals surface area contributed by atoms with Crippen molar-refractivity contribution in [2.45, 2.75) is 13.0 Å². The molecule has 1 aliphatic rings. The summed E-state index contributed by atoms with van der Waals surface area (Å²) in [6.45, 7) is 5.60. The maximum Gasteiger partial charge on any atom is 0.301 e. The van der Waals surface area contributed by atoms with Gasteiger partial charge >= 0.3 is 5.91 Å². The minimum Gasteiger partial charge on any atom is -0.507 e. The minimum atomic E-state index is -0.942. The third-order valence-electron chi connectivity index (χ3n) is 4.97. The van der Waals surface area contributed by atoms with Crippen molar-refractivity contribution in [2.24, 2.45) is 0 Å². The van der Waals surface area contributed by atoms with E-state index < -0.39 is 17.7 Å². The molecule has 0 saturated carbocycles. The van der Waals surface area contributed by atoms with Crippen LogP contribution in [-0.4, -0.2) is 28.6 Å². The molecule has 0 spiro atoms. The number of hydrogen-bond acceptors (Lipinski definition) is 6. The first-order valence-electron chi connectivity index (χ1n) is 9.74. The zero-order valence-corrected chi connectivity index (χ0v) is 17.9. The van der Waals surface area contributed by atoms with E-state index in [9.17, 15) is 14.7 Å². The first kappa shape index (κ1) is 21.4. The summed E-state index contributed by atoms with van der Waals surface area (Å²) in [5.74, 6) is -0.804. The number of aliphatic hydroxyl groups is 1. The van der Waals surface area contributed by atoms with Crippen molar-refractivity contribution < 1.29 is 24.0 Å². The van der Waals surface area contributed by atoms with E-state index in [2.05, 4.69) is 11.7 Å². The van der Waals surface area contributed by atoms with Crippen LogP contribution in [0.5, 0.6) is 5.75 Å². The van der Waals surface area contributed by atoms with Gasteiger partial charge in [0.05, 0.1) is 11.6 Å². The number of amides is 1. The molecule has 0 aliphatic carbocycles. The second-order valence-corrected chi connectivity index (χ2v) is 7.58. The van der Waals surface area contributed by atoms with Crippen molar-refractivity contribution in [3.63, 3.8) is 0 Å². The summed E-state index contributed by atoms with van der Waals surface area (Å²) < 4.78 is 10.7. The number of rotatable bonds is 6. The molecule has 0 bridgehead atoms. The van der Waals surface area contributed by atoms with E-state index in [1.165, 1.54) is 4.90 Å². The Morgan fingerprint density at radius 1 is 1.25 bits per heavy atom. The lowest BCUT2D eigenvalue weighted by molar-refractivity contribution is -0.132. The van der Waals surface area contributed by atoms with Gasteiger partial charge in [0, 0.05) is 16.7 Å². The predicted molar refractivity (Wildman–Crippen MR) is 120 cm³/mol. The summed E-state index contributed by atoms with van der Waals surface area (Å²) in [6.07, 6.45) is 1.61. The number of benzene rings is 2. The molecule has 162 valence electrons. The summed E-state index contributed by atoms with van der Waals surface area (Å²) in [5.41, 5.74) is 0.841. The second-order valence-electron chi connectivity index (χ2n) is 7.14. The highest BCUT2D eigenvalue weighted by Crippen LogP contribution is 2.42. The Morgan fingerprint density at radius 2 is 2.00 bits per heavy atom. The van der Waals surface area contributed by atoms with Crippen LogP contribution in [0.1, 0.15) is 22.9 Å². The van der Waals surface area contributed by atoms with Gasteiger partial charge in [0.25, 0.3) is 5.78 Å². The van der Waals surface area contributed by atoms with Crippen LogP contribution in [0.15, 0.2) is 77.3 Å². The first-order chi connectivity index (χ1) is 15.4. The molecule has 3 aromatic rings. The van der Waals surface area contributed by atoms with Gasteiger partial charge in [-0.15, -0.1) is 0 Å². The highest BCUT2D eigenvalue weighted by atomic mass is 35.5. The number of hydrogen-bond donors (Lipinski definition) is 1. The van der Waals surface area contributed by atoms with Crippen LogP contribution in [0.25, 0.3) is 5.76 Å². The number of aromatic nitrogens is 1. The number of Topliss-reactive ketones (excluding diaryl/α,β-unsaturated/α-hetero) is 1. The lowest BCUT2D eigenvalue weighted by Gasteiger charge is -2.23. The van der Waals surface area contributed by atoms with E-state index in [4.69, 9.17) is 20.9 Å². The smallest absolute Gasteiger partial charge is 0.301 e. The Balaban J connectivity index is 1.90. The van der Waals surface area contributed by atoms with Gasteiger partial charge in [0.1, 0.15) is 23.9 Å². The maximum absolute atomic E-state index is 13.1. The molecule has 1 amide bonds. The van der Waals surface area contributed by atoms with E-state index in [1.807, 2.05) is 0 Å². The van der Waals surface area contributed by atoms with Crippen molar-refractivity contribution in [1.29, 1.82) is 0 Å². The van der Waals surface area contributed by atoms with Gasteiger partial charge in [-0.1, -0.05) is 41.5 Å². The summed E-state index contributed by atoms with van der Waals surface area (Å²) >= 11 is 5.95. The average Bonchev–Trinajstić information content (AvgIpc) is 3.33. The largest absolute Gasteiger partial charge is 0.507 e. The van der Waals surface area contributed by atoms with Gasteiger partial charge in [-0.05, 0) is 48.9 Å². The maximum atomic E-state index is 13.1. The number of carbonyl (C=O) groups is 2. The van der Waals surface area contributed by atoms with Crippen LogP contribution in [0.2, 0.25) is 5.02 Å². The Labute approximate surface area is 189 Å². The van der Waals surface area contributed by atoms with Crippen LogP contribution < -0.4 is 9.64 Å². The van der Waals surface area contributed by atoms with Crippen molar-refractivity contribution in [2.75, 3.05) is 11.5 Å². The zero-order valence-electron chi connectivity index (χ0n) is 17.1. The number of anilines is 1. The summed E-state index contributed by atoms with van der Waals surface area (Å²) in [4.78, 5) is 27.3. The fourth-order valence-electron chi connectivity index (χ4n) is 3.54. The molecule has 1 N–H and O–H groups in total. The first-order valence-corrected chi connectivity index (χ1v) is 10.1. The summed E-state index contributed by atoms with van der Waals surface area (Å²) in [5, 5.41) is 15.5. The number of carbonyl (C=O) groups excluding carboxylic acids is 2. The van der Waals surface area contributed by atoms with E-state index >= 15 is 0 Å². The van der Waals surface area contributed by atoms with Crippen molar-refractivity contribution >= 4 is 34.9 Å². The Morgan fingerprint density at radius 3 is 2.66 bits per heavy atom. The molecule has 1 aliphatic heterocycles. The number of aliphatic hydroxyl groups excluding tert-OH is 1. The van der Waals surface area contributed by atoms with Crippen molar-refractivity contribution in [3.8, 4) is 5.75 Å². The molecule has 1 fully saturated rings. The fraction of sp³-hybridized carbons (Fsp3) is 0.125. The minimum absolute atomic E-state index is 0.0705. The van der Waals surface area contributed by atoms with Gasteiger partial charge < -0.3 is 14.4 Å². The van der Waals surface area contributed by atoms with Gasteiger partial charge in [-0.3, -0.25) is 14.5 Å². The highest BCUT2D eigenvalue weighted by molar-refractivity contribution is 6.51. The summed E-state index contributed by atoms with van der Waals surface area (Å²) in [6, 6.07) is 13.9. The molecule has 4 rings (SSSR count). The molecule has 32 heavy (non-hydrogen) atoms. The van der Waals surface area contributed by atoms with Crippen molar-refractivity contribution in [1.82, 2.24) is 5.16 Å². The number of aryl methyl sites for hydroxylation is 1. The SMILES string of the molecule is C=CCOc1cccc([C@H]2C(=C(O)c3ccc(Cl)cc3)C(=O)C(=O)N2c2cc(C)on2)c1. The van der Waals surface area contributed by atoms with Crippen LogP contribution >= 0.6 is 11.6 Å². The molecule has 2 aromatic carbocycles. The van der Waals surface area contributed by atoms with E-state index in [1.54, 1.807) is 67.6 Å². The molecule has 1 saturated heterocycles. The average molecular weight is 451 g/mol. The third kappa shape index (κ3) is 3.90. The molecule has 0 radical (unpaired) electrons. The molecule has 7 nitrogen and oxygen atoms in total. The Bertz CT molecular complexity index is 1230. The van der Waals surface area contributed by atoms with Crippen molar-refractivity contribution in [3.05, 3.63) is 94.7 Å². The Hall–Kier alpha value is -3.84. The topological polar surface area (TPSA) is 92.9 Å². The fourth-order valence-corrected chi connectivity index (χ4v) is 3.67. The Kier molecular flexibility index (Phi) is 5.83. The molecular weight excluding hydrogens is 432 g/mol. The number of nitrogens with zero attached hydrogens (tertiary/aromatic N) is 2. The van der Waals surface area contributed by atoms with Gasteiger partial charge in [0.2, 0.25) is 0 Å². The van der Waals surface area contributed by atoms with Gasteiger partial charge in [-0.25, -0.2) is 0 Å². The molecular formula is C24H19ClN2O5. The zero-order chi connectivity index (χ0) is 22.8.